The molecule has 0 saturated carbocycles. The molecule has 0 aliphatic rings. The van der Waals surface area contributed by atoms with E-state index in [0.717, 1.165) is 0 Å². The molecule has 0 aliphatic carbocycles. The number of hydrogen-bond acceptors (Lipinski definition) is 2. The van der Waals surface area contributed by atoms with Gasteiger partial charge in [0.15, 0.2) is 30.4 Å². The van der Waals surface area contributed by atoms with Gasteiger partial charge < -0.3 is 0 Å². The van der Waals surface area contributed by atoms with Gasteiger partial charge in [-0.05, 0) is 36.4 Å². The molecule has 0 heterocycles. The Morgan fingerprint density at radius 1 is 0.536 bits per heavy atom. The summed E-state index contributed by atoms with van der Waals surface area (Å²) in [5.74, 6) is -0.129. The topological polar surface area (TPSA) is 34.1 Å². The lowest BCUT2D eigenvalue weighted by molar-refractivity contribution is 0.103. The van der Waals surface area contributed by atoms with Gasteiger partial charge in [0.25, 0.3) is 0 Å². The highest BCUT2D eigenvalue weighted by molar-refractivity contribution is 8.03. The second-order valence-corrected chi connectivity index (χ2v) is 8.87. The van der Waals surface area contributed by atoms with Gasteiger partial charge in [-0.2, -0.15) is 0 Å². The first-order chi connectivity index (χ1) is 13.7. The largest absolute Gasteiger partial charge is 0.288 e. The molecule has 0 amide bonds. The molecular formula is C25H19O2S+. The molecule has 0 radical (unpaired) electrons. The first-order valence-electron chi connectivity index (χ1n) is 9.04. The Hall–Kier alpha value is -3.30. The zero-order valence-electron chi connectivity index (χ0n) is 15.2. The van der Waals surface area contributed by atoms with Gasteiger partial charge in [0.2, 0.25) is 0 Å². The Kier molecular flexibility index (Phi) is 5.00. The zero-order chi connectivity index (χ0) is 19.4. The van der Waals surface area contributed by atoms with E-state index in [1.54, 1.807) is 24.3 Å². The maximum absolute atomic E-state index is 14.6. The molecule has 0 bridgehead atoms. The Labute approximate surface area is 165 Å². The van der Waals surface area contributed by atoms with Gasteiger partial charge in [-0.25, -0.2) is 0 Å². The van der Waals surface area contributed by atoms with Gasteiger partial charge >= 0.3 is 0 Å². The number of carbonyl (C=O) groups is 1. The lowest BCUT2D eigenvalue weighted by Gasteiger charge is -2.15. The highest BCUT2D eigenvalue weighted by Crippen LogP contribution is 2.38. The number of hydrogen-bond donors (Lipinski definition) is 0. The van der Waals surface area contributed by atoms with Gasteiger partial charge in [-0.1, -0.05) is 83.1 Å². The molecule has 0 atom stereocenters. The predicted octanol–water partition coefficient (Wildman–Crippen LogP) is 5.89. The molecule has 4 rings (SSSR count). The van der Waals surface area contributed by atoms with Crippen molar-refractivity contribution >= 4 is 15.7 Å². The van der Waals surface area contributed by atoms with Crippen LogP contribution in [0.1, 0.15) is 15.9 Å². The van der Waals surface area contributed by atoms with Crippen molar-refractivity contribution in [2.45, 2.75) is 14.7 Å². The van der Waals surface area contributed by atoms with Crippen LogP contribution in [-0.2, 0) is 14.1 Å². The van der Waals surface area contributed by atoms with Crippen LogP contribution in [0.2, 0.25) is 0 Å². The van der Waals surface area contributed by atoms with Crippen molar-refractivity contribution in [2.24, 2.45) is 0 Å². The summed E-state index contributed by atoms with van der Waals surface area (Å²) in [5.41, 5.74) is 1.05. The predicted molar refractivity (Wildman–Crippen MR) is 112 cm³/mol. The summed E-state index contributed by atoms with van der Waals surface area (Å²) in [4.78, 5) is 15.2. The molecule has 0 N–H and O–H groups in total. The summed E-state index contributed by atoms with van der Waals surface area (Å²) in [5, 5.41) is 0. The molecule has 0 saturated heterocycles. The maximum Gasteiger partial charge on any atom is 0.198 e. The van der Waals surface area contributed by atoms with Crippen molar-refractivity contribution in [3.05, 3.63) is 126 Å². The molecule has 0 aliphatic heterocycles. The Morgan fingerprint density at radius 2 is 0.964 bits per heavy atom. The summed E-state index contributed by atoms with van der Waals surface area (Å²) in [6, 6.07) is 35.1. The SMILES string of the molecule is O=C(c1ccccc1)c1ccccc1[S+](=O)(c1ccccc1)c1ccccc1. The van der Waals surface area contributed by atoms with Gasteiger partial charge in [0, 0.05) is 5.56 Å². The lowest BCUT2D eigenvalue weighted by Crippen LogP contribution is -2.17. The van der Waals surface area contributed by atoms with Crippen molar-refractivity contribution in [1.82, 2.24) is 0 Å². The summed E-state index contributed by atoms with van der Waals surface area (Å²) in [6.07, 6.45) is 0. The minimum atomic E-state index is -2.83. The smallest absolute Gasteiger partial charge is 0.198 e. The molecular weight excluding hydrogens is 364 g/mol. The number of ketones is 1. The molecule has 0 aromatic heterocycles. The van der Waals surface area contributed by atoms with Crippen LogP contribution in [0.3, 0.4) is 0 Å². The Morgan fingerprint density at radius 3 is 1.50 bits per heavy atom. The minimum absolute atomic E-state index is 0.129. The van der Waals surface area contributed by atoms with E-state index in [4.69, 9.17) is 0 Å². The van der Waals surface area contributed by atoms with Gasteiger partial charge in [0.05, 0.1) is 5.56 Å². The van der Waals surface area contributed by atoms with Crippen molar-refractivity contribution in [3.8, 4) is 0 Å². The van der Waals surface area contributed by atoms with Crippen LogP contribution in [0.5, 0.6) is 0 Å². The van der Waals surface area contributed by atoms with E-state index in [1.165, 1.54) is 0 Å². The van der Waals surface area contributed by atoms with Gasteiger partial charge in [-0.15, -0.1) is 0 Å². The van der Waals surface area contributed by atoms with Crippen LogP contribution in [0.4, 0.5) is 0 Å². The minimum Gasteiger partial charge on any atom is -0.288 e. The molecule has 3 heteroatoms. The normalized spacial score (nSPS) is 11.1. The monoisotopic (exact) mass is 383 g/mol. The average molecular weight is 383 g/mol. The summed E-state index contributed by atoms with van der Waals surface area (Å²) >= 11 is 0. The quantitative estimate of drug-likeness (QED) is 0.318. The number of carbonyl (C=O) groups excluding carboxylic acids is 1. The Balaban J connectivity index is 1.97. The molecule has 0 unspecified atom stereocenters. The lowest BCUT2D eigenvalue weighted by atomic mass is 10.0. The van der Waals surface area contributed by atoms with Crippen LogP contribution >= 0.6 is 0 Å². The van der Waals surface area contributed by atoms with E-state index >= 15 is 0 Å². The summed E-state index contributed by atoms with van der Waals surface area (Å²) in [6.45, 7) is 0. The average Bonchev–Trinajstić information content (AvgIpc) is 2.80. The van der Waals surface area contributed by atoms with Crippen LogP contribution < -0.4 is 0 Å². The van der Waals surface area contributed by atoms with E-state index in [1.807, 2.05) is 91.0 Å². The highest BCUT2D eigenvalue weighted by Gasteiger charge is 2.40. The summed E-state index contributed by atoms with van der Waals surface area (Å²) < 4.78 is 14.6. The third kappa shape index (κ3) is 3.21. The standard InChI is InChI=1S/C25H19O2S/c26-25(20-12-4-1-5-13-20)23-18-10-11-19-24(23)28(27,21-14-6-2-7-15-21)22-16-8-3-9-17-22/h1-19H/q+1. The van der Waals surface area contributed by atoms with E-state index in [-0.39, 0.29) is 5.78 Å². The van der Waals surface area contributed by atoms with E-state index in [0.29, 0.717) is 25.8 Å². The van der Waals surface area contributed by atoms with Crippen LogP contribution in [0.15, 0.2) is 130 Å². The number of rotatable bonds is 5. The van der Waals surface area contributed by atoms with Crippen LogP contribution in [0.25, 0.3) is 0 Å². The first-order valence-corrected chi connectivity index (χ1v) is 10.6. The second-order valence-electron chi connectivity index (χ2n) is 6.37. The molecule has 2 nitrogen and oxygen atoms in total. The molecule has 4 aromatic carbocycles. The molecule has 28 heavy (non-hydrogen) atoms. The highest BCUT2D eigenvalue weighted by atomic mass is 32.2. The van der Waals surface area contributed by atoms with E-state index in [9.17, 15) is 9.00 Å². The third-order valence-corrected chi connectivity index (χ3v) is 7.48. The molecule has 4 aromatic rings. The first kappa shape index (κ1) is 18.1. The number of benzene rings is 4. The fraction of sp³-hybridized carbons (Fsp3) is 0. The maximum atomic E-state index is 14.6. The van der Waals surface area contributed by atoms with E-state index in [2.05, 4.69) is 0 Å². The van der Waals surface area contributed by atoms with Crippen molar-refractivity contribution in [3.63, 3.8) is 0 Å². The van der Waals surface area contributed by atoms with Crippen molar-refractivity contribution in [1.29, 1.82) is 0 Å². The second kappa shape index (κ2) is 7.75. The zero-order valence-corrected chi connectivity index (χ0v) is 16.0. The fourth-order valence-electron chi connectivity index (χ4n) is 3.26. The third-order valence-electron chi connectivity index (χ3n) is 4.63. The molecule has 0 spiro atoms. The molecule has 0 fully saturated rings. The van der Waals surface area contributed by atoms with Crippen molar-refractivity contribution < 1.29 is 9.00 Å². The van der Waals surface area contributed by atoms with E-state index < -0.39 is 9.93 Å². The summed E-state index contributed by atoms with van der Waals surface area (Å²) in [7, 11) is -2.83. The Bertz CT molecular complexity index is 1090. The van der Waals surface area contributed by atoms with Crippen molar-refractivity contribution in [2.75, 3.05) is 0 Å². The van der Waals surface area contributed by atoms with Crippen LogP contribution in [-0.4, -0.2) is 5.78 Å². The fourth-order valence-corrected chi connectivity index (χ4v) is 5.87. The molecule has 136 valence electrons. The van der Waals surface area contributed by atoms with Gasteiger partial charge in [0.1, 0.15) is 0 Å². The van der Waals surface area contributed by atoms with Gasteiger partial charge in [-0.3, -0.25) is 4.79 Å². The van der Waals surface area contributed by atoms with Crippen LogP contribution in [0, 0.1) is 0 Å².